The summed E-state index contributed by atoms with van der Waals surface area (Å²) in [7, 11) is 0. The van der Waals surface area contributed by atoms with Crippen molar-refractivity contribution in [3.8, 4) is 5.82 Å². The molecule has 0 unspecified atom stereocenters. The first-order valence-electron chi connectivity index (χ1n) is 7.72. The van der Waals surface area contributed by atoms with E-state index >= 15 is 0 Å². The quantitative estimate of drug-likeness (QED) is 0.723. The smallest absolute Gasteiger partial charge is 0.266 e. The SMILES string of the molecule is O=C(Cc1ccccc1F)NCCn1nc(-n2cccn2)ccc1=O. The zero-order chi connectivity index (χ0) is 17.6. The highest BCUT2D eigenvalue weighted by Crippen LogP contribution is 2.06. The summed E-state index contributed by atoms with van der Waals surface area (Å²) in [6.45, 7) is 0.416. The van der Waals surface area contributed by atoms with Gasteiger partial charge in [0.25, 0.3) is 5.56 Å². The van der Waals surface area contributed by atoms with E-state index in [9.17, 15) is 14.0 Å². The lowest BCUT2D eigenvalue weighted by molar-refractivity contribution is -0.120. The van der Waals surface area contributed by atoms with Gasteiger partial charge in [0, 0.05) is 25.0 Å². The number of aromatic nitrogens is 4. The number of nitrogens with zero attached hydrogens (tertiary/aromatic N) is 4. The number of halogens is 1. The van der Waals surface area contributed by atoms with E-state index < -0.39 is 5.82 Å². The molecule has 3 rings (SSSR count). The Kier molecular flexibility index (Phi) is 4.98. The summed E-state index contributed by atoms with van der Waals surface area (Å²) in [6.07, 6.45) is 3.27. The van der Waals surface area contributed by atoms with Gasteiger partial charge in [-0.25, -0.2) is 13.8 Å². The second-order valence-electron chi connectivity index (χ2n) is 5.32. The van der Waals surface area contributed by atoms with Crippen molar-refractivity contribution < 1.29 is 9.18 Å². The highest BCUT2D eigenvalue weighted by Gasteiger charge is 2.08. The Labute approximate surface area is 142 Å². The fourth-order valence-electron chi connectivity index (χ4n) is 2.30. The molecule has 0 bridgehead atoms. The van der Waals surface area contributed by atoms with Gasteiger partial charge in [0.05, 0.1) is 13.0 Å². The standard InChI is InChI=1S/C17H16FN5O2/c18-14-5-2-1-4-13(14)12-16(24)19-9-11-23-17(25)7-6-15(21-23)22-10-3-8-20-22/h1-8,10H,9,11-12H2,(H,19,24). The van der Waals surface area contributed by atoms with Gasteiger partial charge in [0.15, 0.2) is 5.82 Å². The van der Waals surface area contributed by atoms with Crippen LogP contribution < -0.4 is 10.9 Å². The van der Waals surface area contributed by atoms with Gasteiger partial charge in [0.1, 0.15) is 5.82 Å². The molecular formula is C17H16FN5O2. The van der Waals surface area contributed by atoms with Gasteiger partial charge in [-0.2, -0.15) is 5.10 Å². The maximum absolute atomic E-state index is 13.5. The fourth-order valence-corrected chi connectivity index (χ4v) is 2.30. The molecule has 1 aromatic carbocycles. The lowest BCUT2D eigenvalue weighted by atomic mass is 10.1. The average molecular weight is 341 g/mol. The highest BCUT2D eigenvalue weighted by molar-refractivity contribution is 5.78. The van der Waals surface area contributed by atoms with Crippen LogP contribution in [-0.4, -0.2) is 32.0 Å². The van der Waals surface area contributed by atoms with Crippen molar-refractivity contribution in [3.63, 3.8) is 0 Å². The minimum Gasteiger partial charge on any atom is -0.354 e. The van der Waals surface area contributed by atoms with Crippen LogP contribution >= 0.6 is 0 Å². The summed E-state index contributed by atoms with van der Waals surface area (Å²) >= 11 is 0. The molecule has 0 saturated heterocycles. The molecule has 0 spiro atoms. The summed E-state index contributed by atoms with van der Waals surface area (Å²) in [5.74, 6) is -0.230. The Hall–Kier alpha value is -3.29. The number of hydrogen-bond acceptors (Lipinski definition) is 4. The van der Waals surface area contributed by atoms with Gasteiger partial charge in [-0.3, -0.25) is 9.59 Å². The maximum atomic E-state index is 13.5. The lowest BCUT2D eigenvalue weighted by Gasteiger charge is -2.09. The Morgan fingerprint density at radius 1 is 1.16 bits per heavy atom. The number of carbonyl (C=O) groups excluding carboxylic acids is 1. The molecule has 1 N–H and O–H groups in total. The molecule has 0 saturated carbocycles. The fraction of sp³-hybridized carbons (Fsp3) is 0.176. The van der Waals surface area contributed by atoms with Crippen LogP contribution in [0.2, 0.25) is 0 Å². The van der Waals surface area contributed by atoms with E-state index in [1.807, 2.05) is 0 Å². The molecular weight excluding hydrogens is 325 g/mol. The second-order valence-corrected chi connectivity index (χ2v) is 5.32. The van der Waals surface area contributed by atoms with Crippen LogP contribution in [0, 0.1) is 5.82 Å². The van der Waals surface area contributed by atoms with Gasteiger partial charge < -0.3 is 5.32 Å². The van der Waals surface area contributed by atoms with Crippen LogP contribution in [0.25, 0.3) is 5.82 Å². The normalized spacial score (nSPS) is 10.6. The summed E-state index contributed by atoms with van der Waals surface area (Å²) in [5.41, 5.74) is 0.0511. The van der Waals surface area contributed by atoms with Gasteiger partial charge in [-0.05, 0) is 23.8 Å². The van der Waals surface area contributed by atoms with Crippen molar-refractivity contribution in [3.05, 3.63) is 76.6 Å². The molecule has 0 fully saturated rings. The summed E-state index contributed by atoms with van der Waals surface area (Å²) in [4.78, 5) is 23.8. The predicted molar refractivity (Wildman–Crippen MR) is 88.7 cm³/mol. The van der Waals surface area contributed by atoms with Crippen LogP contribution in [-0.2, 0) is 17.8 Å². The number of benzene rings is 1. The number of hydrogen-bond donors (Lipinski definition) is 1. The lowest BCUT2D eigenvalue weighted by Crippen LogP contribution is -2.33. The Morgan fingerprint density at radius 2 is 2.00 bits per heavy atom. The van der Waals surface area contributed by atoms with Gasteiger partial charge >= 0.3 is 0 Å². The second kappa shape index (κ2) is 7.52. The van der Waals surface area contributed by atoms with E-state index in [0.717, 1.165) is 0 Å². The topological polar surface area (TPSA) is 81.8 Å². The first-order chi connectivity index (χ1) is 12.1. The monoisotopic (exact) mass is 341 g/mol. The van der Waals surface area contributed by atoms with E-state index in [0.29, 0.717) is 11.4 Å². The van der Waals surface area contributed by atoms with Gasteiger partial charge in [-0.15, -0.1) is 5.10 Å². The third-order valence-electron chi connectivity index (χ3n) is 3.55. The molecule has 0 atom stereocenters. The average Bonchev–Trinajstić information content (AvgIpc) is 3.13. The number of amides is 1. The first-order valence-corrected chi connectivity index (χ1v) is 7.72. The molecule has 7 nitrogen and oxygen atoms in total. The molecule has 0 aliphatic rings. The molecule has 1 amide bonds. The molecule has 2 heterocycles. The Morgan fingerprint density at radius 3 is 2.76 bits per heavy atom. The largest absolute Gasteiger partial charge is 0.354 e. The molecule has 128 valence electrons. The van der Waals surface area contributed by atoms with E-state index in [2.05, 4.69) is 15.5 Å². The van der Waals surface area contributed by atoms with Crippen molar-refractivity contribution in [2.75, 3.05) is 6.54 Å². The Balaban J connectivity index is 1.58. The highest BCUT2D eigenvalue weighted by atomic mass is 19.1. The molecule has 2 aromatic heterocycles. The minimum absolute atomic E-state index is 0.0532. The van der Waals surface area contributed by atoms with E-state index in [1.54, 1.807) is 42.7 Å². The zero-order valence-corrected chi connectivity index (χ0v) is 13.3. The minimum atomic E-state index is -0.414. The summed E-state index contributed by atoms with van der Waals surface area (Å²) in [5, 5.41) is 10.9. The van der Waals surface area contributed by atoms with Crippen molar-refractivity contribution >= 4 is 5.91 Å². The molecule has 3 aromatic rings. The van der Waals surface area contributed by atoms with Crippen LogP contribution in [0.1, 0.15) is 5.56 Å². The third-order valence-corrected chi connectivity index (χ3v) is 3.55. The predicted octanol–water partition coefficient (Wildman–Crippen LogP) is 0.927. The molecule has 8 heteroatoms. The first kappa shape index (κ1) is 16.6. The van der Waals surface area contributed by atoms with Crippen LogP contribution in [0.3, 0.4) is 0 Å². The van der Waals surface area contributed by atoms with Gasteiger partial charge in [-0.1, -0.05) is 18.2 Å². The van der Waals surface area contributed by atoms with E-state index in [-0.39, 0.29) is 31.0 Å². The number of carbonyl (C=O) groups is 1. The molecule has 0 radical (unpaired) electrons. The summed E-state index contributed by atoms with van der Waals surface area (Å²) in [6, 6.07) is 10.8. The van der Waals surface area contributed by atoms with E-state index in [1.165, 1.54) is 21.5 Å². The van der Waals surface area contributed by atoms with Crippen LogP contribution in [0.5, 0.6) is 0 Å². The molecule has 0 aliphatic carbocycles. The third kappa shape index (κ3) is 4.17. The van der Waals surface area contributed by atoms with E-state index in [4.69, 9.17) is 0 Å². The number of nitrogens with one attached hydrogen (secondary N) is 1. The molecule has 0 aliphatic heterocycles. The number of rotatable bonds is 6. The van der Waals surface area contributed by atoms with Gasteiger partial charge in [0.2, 0.25) is 5.91 Å². The maximum Gasteiger partial charge on any atom is 0.266 e. The van der Waals surface area contributed by atoms with Crippen molar-refractivity contribution in [1.29, 1.82) is 0 Å². The van der Waals surface area contributed by atoms with Crippen molar-refractivity contribution in [2.45, 2.75) is 13.0 Å². The van der Waals surface area contributed by atoms with Crippen LogP contribution in [0.15, 0.2) is 59.7 Å². The summed E-state index contributed by atoms with van der Waals surface area (Å²) < 4.78 is 16.3. The van der Waals surface area contributed by atoms with Crippen molar-refractivity contribution in [1.82, 2.24) is 24.9 Å². The molecule has 25 heavy (non-hydrogen) atoms. The zero-order valence-electron chi connectivity index (χ0n) is 13.3. The van der Waals surface area contributed by atoms with Crippen molar-refractivity contribution in [2.24, 2.45) is 0 Å². The van der Waals surface area contributed by atoms with Crippen LogP contribution in [0.4, 0.5) is 4.39 Å². The Bertz CT molecular complexity index is 921.